The van der Waals surface area contributed by atoms with Gasteiger partial charge in [-0.2, -0.15) is 0 Å². The topological polar surface area (TPSA) is 56.0 Å². The third kappa shape index (κ3) is 3.04. The zero-order valence-corrected chi connectivity index (χ0v) is 12.1. The van der Waals surface area contributed by atoms with Crippen LogP contribution in [-0.4, -0.2) is 10.9 Å². The van der Waals surface area contributed by atoms with E-state index in [-0.39, 0.29) is 0 Å². The molecule has 0 unspecified atom stereocenters. The third-order valence-corrected chi connectivity index (χ3v) is 3.59. The molecule has 0 saturated carbocycles. The van der Waals surface area contributed by atoms with E-state index >= 15 is 0 Å². The van der Waals surface area contributed by atoms with E-state index in [4.69, 9.17) is 5.73 Å². The van der Waals surface area contributed by atoms with Gasteiger partial charge in [-0.25, -0.2) is 0 Å². The minimum absolute atomic E-state index is 0.410. The minimum Gasteiger partial charge on any atom is -0.366 e. The Bertz CT molecular complexity index is 783. The van der Waals surface area contributed by atoms with E-state index in [1.807, 2.05) is 48.7 Å². The number of primary amides is 1. The molecule has 3 nitrogen and oxygen atoms in total. The fraction of sp³-hybridized carbons (Fsp3) is 0.0526. The first-order valence-corrected chi connectivity index (χ1v) is 7.11. The number of benzene rings is 2. The molecule has 3 heteroatoms. The van der Waals surface area contributed by atoms with Gasteiger partial charge in [0.2, 0.25) is 5.91 Å². The maximum atomic E-state index is 11.5. The molecule has 2 aromatic carbocycles. The summed E-state index contributed by atoms with van der Waals surface area (Å²) in [6.07, 6.45) is 4.30. The van der Waals surface area contributed by atoms with Crippen LogP contribution in [0.1, 0.15) is 21.5 Å². The van der Waals surface area contributed by atoms with E-state index < -0.39 is 5.91 Å². The zero-order chi connectivity index (χ0) is 15.4. The molecule has 0 bridgehead atoms. The number of nitrogens with two attached hydrogens (primary N) is 1. The van der Waals surface area contributed by atoms with Crippen molar-refractivity contribution < 1.29 is 4.79 Å². The molecular weight excluding hydrogens is 272 g/mol. The van der Waals surface area contributed by atoms with Gasteiger partial charge in [-0.3, -0.25) is 9.78 Å². The predicted molar refractivity (Wildman–Crippen MR) is 87.4 cm³/mol. The molecule has 0 fully saturated rings. The lowest BCUT2D eigenvalue weighted by atomic mass is 9.93. The molecular formula is C19H16N2O. The van der Waals surface area contributed by atoms with Crippen molar-refractivity contribution in [2.24, 2.45) is 5.73 Å². The molecule has 1 aromatic heterocycles. The van der Waals surface area contributed by atoms with Gasteiger partial charge in [0.15, 0.2) is 0 Å². The van der Waals surface area contributed by atoms with Crippen LogP contribution in [-0.2, 0) is 6.42 Å². The van der Waals surface area contributed by atoms with Crippen LogP contribution in [0.2, 0.25) is 0 Å². The van der Waals surface area contributed by atoms with Gasteiger partial charge in [-0.1, -0.05) is 42.5 Å². The number of hydrogen-bond donors (Lipinski definition) is 1. The first kappa shape index (κ1) is 14.0. The Morgan fingerprint density at radius 1 is 1.00 bits per heavy atom. The summed E-state index contributed by atoms with van der Waals surface area (Å²) in [4.78, 5) is 15.6. The predicted octanol–water partition coefficient (Wildman–Crippen LogP) is 3.44. The highest BCUT2D eigenvalue weighted by molar-refractivity contribution is 5.93. The Morgan fingerprint density at radius 3 is 2.50 bits per heavy atom. The number of pyridine rings is 1. The minimum atomic E-state index is -0.410. The summed E-state index contributed by atoms with van der Waals surface area (Å²) in [5.74, 6) is -0.410. The molecule has 3 aromatic rings. The summed E-state index contributed by atoms with van der Waals surface area (Å²) in [6.45, 7) is 0. The first-order valence-electron chi connectivity index (χ1n) is 7.11. The van der Waals surface area contributed by atoms with Gasteiger partial charge in [-0.05, 0) is 46.9 Å². The van der Waals surface area contributed by atoms with Crippen LogP contribution < -0.4 is 5.73 Å². The molecule has 0 radical (unpaired) electrons. The van der Waals surface area contributed by atoms with Crippen LogP contribution in [0, 0.1) is 0 Å². The quantitative estimate of drug-likeness (QED) is 0.799. The van der Waals surface area contributed by atoms with E-state index in [1.165, 1.54) is 0 Å². The Morgan fingerprint density at radius 2 is 1.82 bits per heavy atom. The van der Waals surface area contributed by atoms with E-state index in [9.17, 15) is 4.79 Å². The fourth-order valence-corrected chi connectivity index (χ4v) is 2.52. The van der Waals surface area contributed by atoms with E-state index in [2.05, 4.69) is 17.1 Å². The Hall–Kier alpha value is -2.94. The smallest absolute Gasteiger partial charge is 0.248 e. The zero-order valence-electron chi connectivity index (χ0n) is 12.1. The van der Waals surface area contributed by atoms with Gasteiger partial charge in [-0.15, -0.1) is 0 Å². The number of nitrogens with zero attached hydrogens (tertiary/aromatic N) is 1. The normalized spacial score (nSPS) is 10.4. The number of rotatable bonds is 4. The van der Waals surface area contributed by atoms with Crippen LogP contribution in [0.3, 0.4) is 0 Å². The number of hydrogen-bond acceptors (Lipinski definition) is 2. The Balaban J connectivity index is 2.07. The van der Waals surface area contributed by atoms with Crippen molar-refractivity contribution >= 4 is 5.91 Å². The summed E-state index contributed by atoms with van der Waals surface area (Å²) < 4.78 is 0. The van der Waals surface area contributed by atoms with Crippen molar-refractivity contribution in [3.63, 3.8) is 0 Å². The van der Waals surface area contributed by atoms with Crippen molar-refractivity contribution in [3.8, 4) is 11.1 Å². The van der Waals surface area contributed by atoms with Crippen molar-refractivity contribution in [3.05, 3.63) is 89.7 Å². The van der Waals surface area contributed by atoms with Gasteiger partial charge in [0.1, 0.15) is 0 Å². The summed E-state index contributed by atoms with van der Waals surface area (Å²) in [5, 5.41) is 0. The second-order valence-electron chi connectivity index (χ2n) is 5.14. The fourth-order valence-electron chi connectivity index (χ4n) is 2.52. The molecule has 1 amide bonds. The summed E-state index contributed by atoms with van der Waals surface area (Å²) >= 11 is 0. The Kier molecular flexibility index (Phi) is 3.97. The highest BCUT2D eigenvalue weighted by Crippen LogP contribution is 2.26. The van der Waals surface area contributed by atoms with E-state index in [0.717, 1.165) is 22.3 Å². The maximum Gasteiger partial charge on any atom is 0.248 e. The molecule has 0 spiro atoms. The molecule has 108 valence electrons. The van der Waals surface area contributed by atoms with Crippen molar-refractivity contribution in [2.45, 2.75) is 6.42 Å². The number of carbonyl (C=O) groups is 1. The van der Waals surface area contributed by atoms with Gasteiger partial charge < -0.3 is 5.73 Å². The molecule has 0 aliphatic rings. The molecule has 1 heterocycles. The van der Waals surface area contributed by atoms with Gasteiger partial charge in [0.05, 0.1) is 0 Å². The molecule has 0 atom stereocenters. The highest BCUT2D eigenvalue weighted by Gasteiger charge is 2.09. The van der Waals surface area contributed by atoms with Gasteiger partial charge in [0, 0.05) is 18.0 Å². The largest absolute Gasteiger partial charge is 0.366 e. The highest BCUT2D eigenvalue weighted by atomic mass is 16.1. The van der Waals surface area contributed by atoms with E-state index in [0.29, 0.717) is 12.0 Å². The van der Waals surface area contributed by atoms with Gasteiger partial charge >= 0.3 is 0 Å². The molecule has 0 saturated heterocycles. The van der Waals surface area contributed by atoms with Crippen molar-refractivity contribution in [2.75, 3.05) is 0 Å². The molecule has 2 N–H and O–H groups in total. The monoisotopic (exact) mass is 288 g/mol. The lowest BCUT2D eigenvalue weighted by Gasteiger charge is -2.11. The molecule has 3 rings (SSSR count). The van der Waals surface area contributed by atoms with Crippen molar-refractivity contribution in [1.29, 1.82) is 0 Å². The number of aromatic nitrogens is 1. The second kappa shape index (κ2) is 6.22. The summed E-state index contributed by atoms with van der Waals surface area (Å²) in [5.41, 5.74) is 10.3. The third-order valence-electron chi connectivity index (χ3n) is 3.59. The van der Waals surface area contributed by atoms with Crippen LogP contribution in [0.25, 0.3) is 11.1 Å². The van der Waals surface area contributed by atoms with Crippen molar-refractivity contribution in [1.82, 2.24) is 4.98 Å². The number of carbonyl (C=O) groups excluding carboxylic acids is 1. The van der Waals surface area contributed by atoms with E-state index in [1.54, 1.807) is 12.3 Å². The lowest BCUT2D eigenvalue weighted by molar-refractivity contribution is 0.1000. The second-order valence-corrected chi connectivity index (χ2v) is 5.14. The summed E-state index contributed by atoms with van der Waals surface area (Å²) in [7, 11) is 0. The average Bonchev–Trinajstić information content (AvgIpc) is 2.56. The van der Waals surface area contributed by atoms with Crippen LogP contribution in [0.4, 0.5) is 0 Å². The standard InChI is InChI=1S/C19H16N2O/c20-19(22)16-8-9-18(15-6-2-1-3-7-15)17(12-16)11-14-5-4-10-21-13-14/h1-10,12-13H,11H2,(H2,20,22). The lowest BCUT2D eigenvalue weighted by Crippen LogP contribution is -2.11. The number of amides is 1. The molecule has 0 aliphatic carbocycles. The van der Waals surface area contributed by atoms with Crippen LogP contribution in [0.15, 0.2) is 73.1 Å². The average molecular weight is 288 g/mol. The first-order chi connectivity index (χ1) is 10.7. The van der Waals surface area contributed by atoms with Crippen LogP contribution >= 0.6 is 0 Å². The van der Waals surface area contributed by atoms with Crippen LogP contribution in [0.5, 0.6) is 0 Å². The SMILES string of the molecule is NC(=O)c1ccc(-c2ccccc2)c(Cc2cccnc2)c1. The maximum absolute atomic E-state index is 11.5. The Labute approximate surface area is 129 Å². The molecule has 0 aliphatic heterocycles. The summed E-state index contributed by atoms with van der Waals surface area (Å²) in [6, 6.07) is 19.7. The molecule has 22 heavy (non-hydrogen) atoms. The van der Waals surface area contributed by atoms with Gasteiger partial charge in [0.25, 0.3) is 0 Å².